The van der Waals surface area contributed by atoms with Gasteiger partial charge in [0.1, 0.15) is 6.61 Å². The minimum atomic E-state index is -0.406. The Labute approximate surface area is 226 Å². The SMILES string of the molecule is CCCCCCC[C@H](Nc1ccccc1)[C@H]1C=CC(=O)N1[C@@H](COC(=O)c1ccccc1)c1ccccc1. The highest BCUT2D eigenvalue weighted by Crippen LogP contribution is 2.32. The van der Waals surface area contributed by atoms with Crippen LogP contribution in [0.5, 0.6) is 0 Å². The molecule has 0 aliphatic carbocycles. The molecule has 0 saturated carbocycles. The summed E-state index contributed by atoms with van der Waals surface area (Å²) in [7, 11) is 0. The van der Waals surface area contributed by atoms with Crippen molar-refractivity contribution < 1.29 is 14.3 Å². The van der Waals surface area contributed by atoms with Crippen LogP contribution in [-0.2, 0) is 9.53 Å². The molecule has 38 heavy (non-hydrogen) atoms. The number of benzene rings is 3. The van der Waals surface area contributed by atoms with Crippen LogP contribution in [0.2, 0.25) is 0 Å². The fourth-order valence-corrected chi connectivity index (χ4v) is 5.07. The molecule has 0 unspecified atom stereocenters. The molecule has 3 aromatic rings. The molecule has 1 aliphatic heterocycles. The molecule has 0 spiro atoms. The van der Waals surface area contributed by atoms with Gasteiger partial charge in [-0.05, 0) is 36.2 Å². The summed E-state index contributed by atoms with van der Waals surface area (Å²) in [5, 5.41) is 3.71. The molecule has 1 heterocycles. The van der Waals surface area contributed by atoms with Crippen LogP contribution in [0.1, 0.15) is 67.4 Å². The highest BCUT2D eigenvalue weighted by Gasteiger charge is 2.38. The fraction of sp³-hybridized carbons (Fsp3) is 0.333. The van der Waals surface area contributed by atoms with Crippen molar-refractivity contribution in [3.63, 3.8) is 0 Å². The molecular weight excluding hydrogens is 472 g/mol. The Kier molecular flexibility index (Phi) is 10.1. The normalized spacial score (nSPS) is 16.3. The summed E-state index contributed by atoms with van der Waals surface area (Å²) in [4.78, 5) is 28.1. The van der Waals surface area contributed by atoms with Crippen molar-refractivity contribution in [3.8, 4) is 0 Å². The van der Waals surface area contributed by atoms with Crippen LogP contribution in [0.4, 0.5) is 5.69 Å². The number of nitrogens with one attached hydrogen (secondary N) is 1. The van der Waals surface area contributed by atoms with E-state index in [9.17, 15) is 9.59 Å². The number of nitrogens with zero attached hydrogens (tertiary/aromatic N) is 1. The van der Waals surface area contributed by atoms with Gasteiger partial charge in [-0.15, -0.1) is 0 Å². The van der Waals surface area contributed by atoms with E-state index in [0.29, 0.717) is 5.56 Å². The molecule has 1 N–H and O–H groups in total. The van der Waals surface area contributed by atoms with E-state index in [0.717, 1.165) is 24.1 Å². The largest absolute Gasteiger partial charge is 0.460 e. The van der Waals surface area contributed by atoms with Crippen molar-refractivity contribution in [3.05, 3.63) is 114 Å². The number of esters is 1. The highest BCUT2D eigenvalue weighted by atomic mass is 16.5. The Morgan fingerprint density at radius 2 is 1.50 bits per heavy atom. The van der Waals surface area contributed by atoms with Gasteiger partial charge in [0.2, 0.25) is 5.91 Å². The van der Waals surface area contributed by atoms with Crippen LogP contribution >= 0.6 is 0 Å². The third kappa shape index (κ3) is 7.34. The van der Waals surface area contributed by atoms with Crippen LogP contribution in [0.15, 0.2) is 103 Å². The van der Waals surface area contributed by atoms with Gasteiger partial charge in [-0.3, -0.25) is 4.79 Å². The number of anilines is 1. The van der Waals surface area contributed by atoms with Crippen molar-refractivity contribution in [1.29, 1.82) is 0 Å². The maximum atomic E-state index is 13.4. The standard InChI is InChI=1S/C33H38N2O3/c1-2-3-4-5-15-22-29(34-28-20-13-8-14-21-28)30-23-24-32(36)35(30)31(26-16-9-6-10-17-26)25-38-33(37)27-18-11-7-12-19-27/h6-14,16-21,23-24,29-31,34H,2-5,15,22,25H2,1H3/t29-,30+,31-/m0/s1. The molecule has 0 fully saturated rings. The minimum absolute atomic E-state index is 0.0257. The van der Waals surface area contributed by atoms with Crippen molar-refractivity contribution in [2.45, 2.75) is 63.6 Å². The maximum absolute atomic E-state index is 13.4. The molecule has 0 aromatic heterocycles. The van der Waals surface area contributed by atoms with Gasteiger partial charge in [0, 0.05) is 11.8 Å². The summed E-state index contributed by atoms with van der Waals surface area (Å²) < 4.78 is 5.80. The number of hydrogen-bond acceptors (Lipinski definition) is 4. The second kappa shape index (κ2) is 14.2. The summed E-state index contributed by atoms with van der Waals surface area (Å²) in [5.41, 5.74) is 2.47. The van der Waals surface area contributed by atoms with Gasteiger partial charge in [-0.25, -0.2) is 4.79 Å². The lowest BCUT2D eigenvalue weighted by atomic mass is 9.97. The zero-order valence-electron chi connectivity index (χ0n) is 22.2. The van der Waals surface area contributed by atoms with E-state index in [1.165, 1.54) is 25.7 Å². The van der Waals surface area contributed by atoms with Gasteiger partial charge in [0.05, 0.1) is 23.7 Å². The topological polar surface area (TPSA) is 58.6 Å². The smallest absolute Gasteiger partial charge is 0.338 e. The summed E-state index contributed by atoms with van der Waals surface area (Å²) in [5.74, 6) is -0.456. The van der Waals surface area contributed by atoms with Crippen molar-refractivity contribution >= 4 is 17.6 Å². The van der Waals surface area contributed by atoms with E-state index >= 15 is 0 Å². The average Bonchev–Trinajstić information content (AvgIpc) is 3.34. The number of carbonyl (C=O) groups excluding carboxylic acids is 2. The average molecular weight is 511 g/mol. The summed E-state index contributed by atoms with van der Waals surface area (Å²) in [6.07, 6.45) is 10.5. The van der Waals surface area contributed by atoms with Crippen molar-refractivity contribution in [1.82, 2.24) is 4.90 Å². The van der Waals surface area contributed by atoms with Gasteiger partial charge >= 0.3 is 5.97 Å². The van der Waals surface area contributed by atoms with E-state index in [-0.39, 0.29) is 24.6 Å². The van der Waals surface area contributed by atoms with Gasteiger partial charge in [0.15, 0.2) is 0 Å². The lowest BCUT2D eigenvalue weighted by Gasteiger charge is -2.38. The number of carbonyl (C=O) groups is 2. The second-order valence-corrected chi connectivity index (χ2v) is 9.81. The Balaban J connectivity index is 1.57. The molecule has 3 aromatic carbocycles. The van der Waals surface area contributed by atoms with Crippen LogP contribution in [0.25, 0.3) is 0 Å². The number of unbranched alkanes of at least 4 members (excludes halogenated alkanes) is 4. The zero-order valence-corrected chi connectivity index (χ0v) is 22.2. The van der Waals surface area contributed by atoms with Crippen LogP contribution in [-0.4, -0.2) is 35.5 Å². The predicted molar refractivity (Wildman–Crippen MR) is 153 cm³/mol. The van der Waals surface area contributed by atoms with Gasteiger partial charge < -0.3 is 15.0 Å². The Morgan fingerprint density at radius 1 is 0.868 bits per heavy atom. The number of ether oxygens (including phenoxy) is 1. The first kappa shape index (κ1) is 27.2. The van der Waals surface area contributed by atoms with Gasteiger partial charge in [-0.1, -0.05) is 112 Å². The first-order valence-corrected chi connectivity index (χ1v) is 13.8. The van der Waals surface area contributed by atoms with Crippen LogP contribution < -0.4 is 5.32 Å². The Hall–Kier alpha value is -3.86. The van der Waals surface area contributed by atoms with E-state index in [1.807, 2.05) is 77.7 Å². The first-order valence-electron chi connectivity index (χ1n) is 13.8. The molecule has 0 saturated heterocycles. The molecule has 1 amide bonds. The van der Waals surface area contributed by atoms with Gasteiger partial charge in [0.25, 0.3) is 0 Å². The maximum Gasteiger partial charge on any atom is 0.338 e. The molecule has 1 aliphatic rings. The summed E-state index contributed by atoms with van der Waals surface area (Å²) >= 11 is 0. The Bertz CT molecular complexity index is 1160. The molecule has 0 bridgehead atoms. The number of amides is 1. The molecule has 4 rings (SSSR count). The van der Waals surface area contributed by atoms with Crippen molar-refractivity contribution in [2.75, 3.05) is 11.9 Å². The van der Waals surface area contributed by atoms with Crippen LogP contribution in [0, 0.1) is 0 Å². The molecule has 5 heteroatoms. The predicted octanol–water partition coefficient (Wildman–Crippen LogP) is 7.19. The third-order valence-corrected chi connectivity index (χ3v) is 7.07. The fourth-order valence-electron chi connectivity index (χ4n) is 5.07. The molecule has 5 nitrogen and oxygen atoms in total. The van der Waals surface area contributed by atoms with E-state index < -0.39 is 12.0 Å². The highest BCUT2D eigenvalue weighted by molar-refractivity contribution is 5.91. The number of rotatable bonds is 14. The summed E-state index contributed by atoms with van der Waals surface area (Å²) in [6.45, 7) is 2.30. The Morgan fingerprint density at radius 3 is 2.18 bits per heavy atom. The van der Waals surface area contributed by atoms with E-state index in [4.69, 9.17) is 4.74 Å². The van der Waals surface area contributed by atoms with E-state index in [2.05, 4.69) is 24.4 Å². The molecule has 0 radical (unpaired) electrons. The first-order chi connectivity index (χ1) is 18.7. The lowest BCUT2D eigenvalue weighted by molar-refractivity contribution is -0.130. The third-order valence-electron chi connectivity index (χ3n) is 7.07. The zero-order chi connectivity index (χ0) is 26.6. The summed E-state index contributed by atoms with van der Waals surface area (Å²) in [6, 6.07) is 28.4. The second-order valence-electron chi connectivity index (χ2n) is 9.81. The van der Waals surface area contributed by atoms with Crippen LogP contribution in [0.3, 0.4) is 0 Å². The number of hydrogen-bond donors (Lipinski definition) is 1. The van der Waals surface area contributed by atoms with E-state index in [1.54, 1.807) is 18.2 Å². The van der Waals surface area contributed by atoms with Crippen molar-refractivity contribution in [2.24, 2.45) is 0 Å². The van der Waals surface area contributed by atoms with Gasteiger partial charge in [-0.2, -0.15) is 0 Å². The lowest BCUT2D eigenvalue weighted by Crippen LogP contribution is -2.48. The molecule has 198 valence electrons. The minimum Gasteiger partial charge on any atom is -0.460 e. The quantitative estimate of drug-likeness (QED) is 0.184. The molecule has 3 atom stereocenters. The molecular formula is C33H38N2O3. The number of para-hydroxylation sites is 1. The monoisotopic (exact) mass is 510 g/mol.